The molecule has 1 N–H and O–H groups in total. The number of rotatable bonds is 2. The van der Waals surface area contributed by atoms with Crippen LogP contribution in [-0.4, -0.2) is 18.9 Å². The van der Waals surface area contributed by atoms with Gasteiger partial charge in [-0.25, -0.2) is 0 Å². The first-order valence-corrected chi connectivity index (χ1v) is 5.65. The molecule has 0 amide bonds. The molecule has 4 heteroatoms. The van der Waals surface area contributed by atoms with Crippen LogP contribution >= 0.6 is 11.6 Å². The highest BCUT2D eigenvalue weighted by Gasteiger charge is 2.21. The number of hydrogen-bond donors (Lipinski definition) is 1. The van der Waals surface area contributed by atoms with E-state index in [0.717, 1.165) is 31.5 Å². The van der Waals surface area contributed by atoms with Crippen molar-refractivity contribution in [3.63, 3.8) is 0 Å². The van der Waals surface area contributed by atoms with Gasteiger partial charge in [0.1, 0.15) is 0 Å². The van der Waals surface area contributed by atoms with Crippen LogP contribution in [0.3, 0.4) is 0 Å². The quantitative estimate of drug-likeness (QED) is 0.727. The van der Waals surface area contributed by atoms with Crippen molar-refractivity contribution in [1.29, 1.82) is 0 Å². The van der Waals surface area contributed by atoms with Crippen molar-refractivity contribution in [1.82, 2.24) is 5.32 Å². The average molecular weight is 259 g/mol. The molecular weight excluding hydrogens is 245 g/mol. The van der Waals surface area contributed by atoms with Crippen molar-refractivity contribution in [2.24, 2.45) is 5.92 Å². The summed E-state index contributed by atoms with van der Waals surface area (Å²) < 4.78 is 0. The van der Waals surface area contributed by atoms with Crippen LogP contribution < -0.4 is 17.7 Å². The van der Waals surface area contributed by atoms with E-state index in [1.54, 1.807) is 12.1 Å². The second-order valence-corrected chi connectivity index (χ2v) is 4.33. The molecule has 1 fully saturated rings. The first kappa shape index (κ1) is 13.5. The third kappa shape index (κ3) is 3.21. The monoisotopic (exact) mass is 258 g/mol. The highest BCUT2D eigenvalue weighted by atomic mass is 35.5. The lowest BCUT2D eigenvalue weighted by molar-refractivity contribution is -0.0000110. The van der Waals surface area contributed by atoms with Gasteiger partial charge in [0.2, 0.25) is 0 Å². The molecule has 0 aliphatic carbocycles. The minimum Gasteiger partial charge on any atom is -1.00 e. The van der Waals surface area contributed by atoms with Crippen LogP contribution in [0.5, 0.6) is 0 Å². The van der Waals surface area contributed by atoms with Gasteiger partial charge in [-0.2, -0.15) is 0 Å². The zero-order chi connectivity index (χ0) is 10.7. The fraction of sp³-hybridized carbons (Fsp3) is 0.417. The minimum absolute atomic E-state index is 0. The van der Waals surface area contributed by atoms with Crippen LogP contribution in [0.25, 0.3) is 0 Å². The number of ketones is 1. The Morgan fingerprint density at radius 1 is 1.19 bits per heavy atom. The van der Waals surface area contributed by atoms with Gasteiger partial charge in [0, 0.05) is 16.5 Å². The van der Waals surface area contributed by atoms with Gasteiger partial charge < -0.3 is 17.7 Å². The minimum atomic E-state index is 0. The van der Waals surface area contributed by atoms with Gasteiger partial charge in [-0.1, -0.05) is 11.6 Å². The molecule has 0 radical (unpaired) electrons. The van der Waals surface area contributed by atoms with Gasteiger partial charge in [0.15, 0.2) is 5.78 Å². The van der Waals surface area contributed by atoms with E-state index >= 15 is 0 Å². The Morgan fingerprint density at radius 3 is 2.31 bits per heavy atom. The lowest BCUT2D eigenvalue weighted by Gasteiger charge is -2.21. The average Bonchev–Trinajstić information content (AvgIpc) is 2.30. The van der Waals surface area contributed by atoms with Gasteiger partial charge in [0.05, 0.1) is 0 Å². The van der Waals surface area contributed by atoms with Crippen LogP contribution in [0.15, 0.2) is 24.3 Å². The zero-order valence-electron chi connectivity index (χ0n) is 8.88. The molecule has 0 aromatic heterocycles. The fourth-order valence-electron chi connectivity index (χ4n) is 1.93. The third-order valence-electron chi connectivity index (χ3n) is 2.84. The number of piperidine rings is 1. The number of nitrogens with one attached hydrogen (secondary N) is 1. The van der Waals surface area contributed by atoms with Crippen molar-refractivity contribution < 1.29 is 17.2 Å². The van der Waals surface area contributed by atoms with Crippen LogP contribution in [0.4, 0.5) is 0 Å². The molecule has 1 heterocycles. The van der Waals surface area contributed by atoms with Crippen LogP contribution in [0.2, 0.25) is 5.02 Å². The summed E-state index contributed by atoms with van der Waals surface area (Å²) in [5, 5.41) is 3.93. The van der Waals surface area contributed by atoms with Gasteiger partial charge >= 0.3 is 0 Å². The van der Waals surface area contributed by atoms with Gasteiger partial charge in [-0.3, -0.25) is 4.79 Å². The number of carbonyl (C=O) groups is 1. The summed E-state index contributed by atoms with van der Waals surface area (Å²) in [6.45, 7) is 1.90. The highest BCUT2D eigenvalue weighted by Crippen LogP contribution is 2.19. The Morgan fingerprint density at radius 2 is 1.75 bits per heavy atom. The van der Waals surface area contributed by atoms with E-state index in [9.17, 15) is 4.79 Å². The molecule has 0 atom stereocenters. The number of carbonyl (C=O) groups excluding carboxylic acids is 1. The number of halogens is 2. The van der Waals surface area contributed by atoms with Crippen LogP contribution in [-0.2, 0) is 0 Å². The Labute approximate surface area is 107 Å². The van der Waals surface area contributed by atoms with Crippen molar-refractivity contribution in [3.8, 4) is 0 Å². The Bertz CT molecular complexity index is 345. The molecule has 1 saturated heterocycles. The summed E-state index contributed by atoms with van der Waals surface area (Å²) in [5.74, 6) is 0.445. The molecule has 88 valence electrons. The lowest BCUT2D eigenvalue weighted by atomic mass is 9.90. The third-order valence-corrected chi connectivity index (χ3v) is 3.09. The molecular formula is C12H14Cl2NO-. The molecule has 0 spiro atoms. The molecule has 1 aliphatic heterocycles. The SMILES string of the molecule is O=C(c1ccc(Cl)cc1)C1CCNCC1.[Cl-]. The van der Waals surface area contributed by atoms with E-state index in [2.05, 4.69) is 5.32 Å². The maximum absolute atomic E-state index is 12.0. The first-order valence-electron chi connectivity index (χ1n) is 5.28. The van der Waals surface area contributed by atoms with Gasteiger partial charge in [-0.05, 0) is 50.2 Å². The predicted molar refractivity (Wildman–Crippen MR) is 61.4 cm³/mol. The number of hydrogen-bond acceptors (Lipinski definition) is 2. The van der Waals surface area contributed by atoms with E-state index < -0.39 is 0 Å². The van der Waals surface area contributed by atoms with Crippen molar-refractivity contribution >= 4 is 17.4 Å². The molecule has 2 rings (SSSR count). The summed E-state index contributed by atoms with van der Waals surface area (Å²) in [7, 11) is 0. The molecule has 2 nitrogen and oxygen atoms in total. The van der Waals surface area contributed by atoms with Crippen LogP contribution in [0.1, 0.15) is 23.2 Å². The molecule has 1 aliphatic rings. The maximum atomic E-state index is 12.0. The van der Waals surface area contributed by atoms with E-state index in [-0.39, 0.29) is 24.1 Å². The molecule has 1 aromatic rings. The van der Waals surface area contributed by atoms with Gasteiger partial charge in [0.25, 0.3) is 0 Å². The maximum Gasteiger partial charge on any atom is 0.166 e. The Hall–Kier alpha value is -0.570. The van der Waals surface area contributed by atoms with Gasteiger partial charge in [-0.15, -0.1) is 0 Å². The van der Waals surface area contributed by atoms with Crippen molar-refractivity contribution in [2.75, 3.05) is 13.1 Å². The van der Waals surface area contributed by atoms with E-state index in [4.69, 9.17) is 11.6 Å². The predicted octanol–water partition coefficient (Wildman–Crippen LogP) is -0.474. The number of Topliss-reactive ketones (excluding diaryl/α,β-unsaturated/α-hetero) is 1. The summed E-state index contributed by atoms with van der Waals surface area (Å²) in [4.78, 5) is 12.0. The summed E-state index contributed by atoms with van der Waals surface area (Å²) >= 11 is 5.78. The lowest BCUT2D eigenvalue weighted by Crippen LogP contribution is -3.00. The standard InChI is InChI=1S/C12H14ClNO.ClH/c13-11-3-1-9(2-4-11)12(15)10-5-7-14-8-6-10;/h1-4,10,14H,5-8H2;1H/p-1. The molecule has 0 saturated carbocycles. The zero-order valence-corrected chi connectivity index (χ0v) is 10.4. The van der Waals surface area contributed by atoms with Crippen molar-refractivity contribution in [3.05, 3.63) is 34.9 Å². The Balaban J connectivity index is 0.00000128. The van der Waals surface area contributed by atoms with E-state index in [1.165, 1.54) is 0 Å². The summed E-state index contributed by atoms with van der Waals surface area (Å²) in [5.41, 5.74) is 0.784. The van der Waals surface area contributed by atoms with E-state index in [0.29, 0.717) is 5.02 Å². The number of benzene rings is 1. The fourth-order valence-corrected chi connectivity index (χ4v) is 2.06. The smallest absolute Gasteiger partial charge is 0.166 e. The topological polar surface area (TPSA) is 29.1 Å². The molecule has 16 heavy (non-hydrogen) atoms. The van der Waals surface area contributed by atoms with E-state index in [1.807, 2.05) is 12.1 Å². The molecule has 0 bridgehead atoms. The summed E-state index contributed by atoms with van der Waals surface area (Å²) in [6, 6.07) is 7.17. The molecule has 1 aromatic carbocycles. The molecule has 0 unspecified atom stereocenters. The van der Waals surface area contributed by atoms with Crippen molar-refractivity contribution in [2.45, 2.75) is 12.8 Å². The first-order chi connectivity index (χ1) is 7.27. The second kappa shape index (κ2) is 6.24. The summed E-state index contributed by atoms with van der Waals surface area (Å²) in [6.07, 6.45) is 1.89. The normalized spacial score (nSPS) is 16.6. The highest BCUT2D eigenvalue weighted by molar-refractivity contribution is 6.30. The largest absolute Gasteiger partial charge is 1.00 e. The van der Waals surface area contributed by atoms with Crippen LogP contribution in [0, 0.1) is 5.92 Å². The second-order valence-electron chi connectivity index (χ2n) is 3.90. The Kier molecular flexibility index (Phi) is 5.26.